The normalized spacial score (nSPS) is 13.4. The number of carbonyl (C=O) groups excluding carboxylic acids is 1. The molecular weight excluding hydrogens is 328 g/mol. The first kappa shape index (κ1) is 17.2. The summed E-state index contributed by atoms with van der Waals surface area (Å²) >= 11 is 0. The molecule has 0 radical (unpaired) electrons. The van der Waals surface area contributed by atoms with Gasteiger partial charge in [0.15, 0.2) is 0 Å². The molecule has 0 heterocycles. The Bertz CT molecular complexity index is 770. The first-order valence-electron chi connectivity index (χ1n) is 8.00. The van der Waals surface area contributed by atoms with Crippen molar-refractivity contribution in [2.45, 2.75) is 25.4 Å². The van der Waals surface area contributed by atoms with Crippen molar-refractivity contribution in [1.29, 1.82) is 0 Å². The lowest BCUT2D eigenvalue weighted by Gasteiger charge is -2.24. The third kappa shape index (κ3) is 3.90. The third-order valence-corrected chi connectivity index (χ3v) is 4.19. The number of rotatable bonds is 6. The van der Waals surface area contributed by atoms with Gasteiger partial charge in [-0.3, -0.25) is 4.79 Å². The van der Waals surface area contributed by atoms with Crippen LogP contribution in [0.2, 0.25) is 0 Å². The Hall–Kier alpha value is -2.63. The van der Waals surface area contributed by atoms with Crippen LogP contribution in [0, 0.1) is 11.6 Å². The van der Waals surface area contributed by atoms with Crippen molar-refractivity contribution in [3.05, 3.63) is 59.2 Å². The molecule has 1 amide bonds. The molecule has 1 saturated carbocycles. The number of hydrogen-bond donors (Lipinski definition) is 0. The highest BCUT2D eigenvalue weighted by Gasteiger charge is 2.34. The van der Waals surface area contributed by atoms with Gasteiger partial charge in [-0.15, -0.1) is 0 Å². The molecule has 4 nitrogen and oxygen atoms in total. The Morgan fingerprint density at radius 3 is 2.32 bits per heavy atom. The average Bonchev–Trinajstić information content (AvgIpc) is 3.42. The van der Waals surface area contributed by atoms with E-state index in [1.807, 2.05) is 0 Å². The molecule has 132 valence electrons. The lowest BCUT2D eigenvalue weighted by atomic mass is 10.1. The van der Waals surface area contributed by atoms with Gasteiger partial charge in [-0.05, 0) is 43.2 Å². The first-order valence-corrected chi connectivity index (χ1v) is 8.00. The minimum absolute atomic E-state index is 0.00580. The Kier molecular flexibility index (Phi) is 4.88. The molecule has 0 aliphatic heterocycles. The van der Waals surface area contributed by atoms with Crippen molar-refractivity contribution in [3.8, 4) is 11.5 Å². The van der Waals surface area contributed by atoms with E-state index < -0.39 is 17.5 Å². The standard InChI is InChI=1S/C19H19F2NO3/c1-24-17-5-6-18(25-2)13(9-17)11-22(16-3-4-16)19(23)12-7-14(20)10-15(21)8-12/h5-10,16H,3-4,11H2,1-2H3. The summed E-state index contributed by atoms with van der Waals surface area (Å²) in [5.74, 6) is -0.651. The molecule has 25 heavy (non-hydrogen) atoms. The van der Waals surface area contributed by atoms with E-state index >= 15 is 0 Å². The third-order valence-electron chi connectivity index (χ3n) is 4.19. The molecule has 0 saturated heterocycles. The highest BCUT2D eigenvalue weighted by atomic mass is 19.1. The quantitative estimate of drug-likeness (QED) is 0.798. The van der Waals surface area contributed by atoms with Gasteiger partial charge in [-0.2, -0.15) is 0 Å². The highest BCUT2D eigenvalue weighted by molar-refractivity contribution is 5.94. The van der Waals surface area contributed by atoms with Crippen LogP contribution in [0.15, 0.2) is 36.4 Å². The smallest absolute Gasteiger partial charge is 0.254 e. The topological polar surface area (TPSA) is 38.8 Å². The summed E-state index contributed by atoms with van der Waals surface area (Å²) in [6.45, 7) is 0.280. The second kappa shape index (κ2) is 7.09. The Morgan fingerprint density at radius 2 is 1.76 bits per heavy atom. The number of halogens is 2. The lowest BCUT2D eigenvalue weighted by Crippen LogP contribution is -2.33. The van der Waals surface area contributed by atoms with E-state index in [-0.39, 0.29) is 18.2 Å². The van der Waals surface area contributed by atoms with Crippen molar-refractivity contribution in [1.82, 2.24) is 4.90 Å². The number of nitrogens with zero attached hydrogens (tertiary/aromatic N) is 1. The second-order valence-corrected chi connectivity index (χ2v) is 6.00. The summed E-state index contributed by atoms with van der Waals surface area (Å²) in [5.41, 5.74) is 0.783. The van der Waals surface area contributed by atoms with Crippen molar-refractivity contribution >= 4 is 5.91 Å². The van der Waals surface area contributed by atoms with Gasteiger partial charge in [-0.25, -0.2) is 8.78 Å². The van der Waals surface area contributed by atoms with Crippen molar-refractivity contribution in [2.24, 2.45) is 0 Å². The monoisotopic (exact) mass is 347 g/mol. The number of methoxy groups -OCH3 is 2. The largest absolute Gasteiger partial charge is 0.497 e. The van der Waals surface area contributed by atoms with E-state index in [9.17, 15) is 13.6 Å². The maximum atomic E-state index is 13.5. The number of hydrogen-bond acceptors (Lipinski definition) is 3. The van der Waals surface area contributed by atoms with Crippen molar-refractivity contribution in [2.75, 3.05) is 14.2 Å². The van der Waals surface area contributed by atoms with Gasteiger partial charge in [0.1, 0.15) is 23.1 Å². The highest BCUT2D eigenvalue weighted by Crippen LogP contribution is 2.33. The molecule has 6 heteroatoms. The number of benzene rings is 2. The Morgan fingerprint density at radius 1 is 1.08 bits per heavy atom. The maximum Gasteiger partial charge on any atom is 0.254 e. The van der Waals surface area contributed by atoms with Crippen LogP contribution >= 0.6 is 0 Å². The van der Waals surface area contributed by atoms with Crippen LogP contribution in [0.5, 0.6) is 11.5 Å². The molecule has 0 bridgehead atoms. The van der Waals surface area contributed by atoms with Crippen molar-refractivity contribution < 1.29 is 23.0 Å². The summed E-state index contributed by atoms with van der Waals surface area (Å²) in [5, 5.41) is 0. The predicted molar refractivity (Wildman–Crippen MR) is 88.8 cm³/mol. The average molecular weight is 347 g/mol. The summed E-state index contributed by atoms with van der Waals surface area (Å²) in [6.07, 6.45) is 1.74. The van der Waals surface area contributed by atoms with Gasteiger partial charge in [0.25, 0.3) is 5.91 Å². The minimum Gasteiger partial charge on any atom is -0.497 e. The molecule has 0 N–H and O–H groups in total. The van der Waals surface area contributed by atoms with Crippen LogP contribution in [0.1, 0.15) is 28.8 Å². The van der Waals surface area contributed by atoms with Crippen LogP contribution in [0.4, 0.5) is 8.78 Å². The zero-order valence-corrected chi connectivity index (χ0v) is 14.1. The number of ether oxygens (including phenoxy) is 2. The first-order chi connectivity index (χ1) is 12.0. The molecule has 0 aromatic heterocycles. The van der Waals surface area contributed by atoms with Crippen LogP contribution in [-0.2, 0) is 6.54 Å². The SMILES string of the molecule is COc1ccc(OC)c(CN(C(=O)c2cc(F)cc(F)c2)C2CC2)c1. The fraction of sp³-hybridized carbons (Fsp3) is 0.316. The van der Waals surface area contributed by atoms with Crippen molar-refractivity contribution in [3.63, 3.8) is 0 Å². The molecule has 2 aromatic rings. The minimum atomic E-state index is -0.766. The molecule has 3 rings (SSSR count). The zero-order chi connectivity index (χ0) is 18.0. The van der Waals surface area contributed by atoms with Gasteiger partial charge < -0.3 is 14.4 Å². The molecule has 0 spiro atoms. The van der Waals surface area contributed by atoms with Crippen LogP contribution in [-0.4, -0.2) is 31.1 Å². The van der Waals surface area contributed by atoms with Crippen LogP contribution < -0.4 is 9.47 Å². The molecule has 1 aliphatic carbocycles. The van der Waals surface area contributed by atoms with Crippen LogP contribution in [0.25, 0.3) is 0 Å². The maximum absolute atomic E-state index is 13.5. The summed E-state index contributed by atoms with van der Waals surface area (Å²) in [6, 6.07) is 8.28. The number of amides is 1. The van der Waals surface area contributed by atoms with Crippen LogP contribution in [0.3, 0.4) is 0 Å². The van der Waals surface area contributed by atoms with Gasteiger partial charge in [0, 0.05) is 23.2 Å². The molecule has 0 atom stereocenters. The van der Waals surface area contributed by atoms with Gasteiger partial charge in [0.2, 0.25) is 0 Å². The van der Waals surface area contributed by atoms with E-state index in [0.717, 1.165) is 36.6 Å². The molecule has 1 fully saturated rings. The van der Waals surface area contributed by atoms with E-state index in [2.05, 4.69) is 0 Å². The van der Waals surface area contributed by atoms with E-state index in [0.29, 0.717) is 11.5 Å². The fourth-order valence-corrected chi connectivity index (χ4v) is 2.79. The van der Waals surface area contributed by atoms with E-state index in [1.54, 1.807) is 37.3 Å². The fourth-order valence-electron chi connectivity index (χ4n) is 2.79. The Balaban J connectivity index is 1.91. The predicted octanol–water partition coefficient (Wildman–Crippen LogP) is 3.79. The summed E-state index contributed by atoms with van der Waals surface area (Å²) < 4.78 is 37.5. The van der Waals surface area contributed by atoms with Gasteiger partial charge in [0.05, 0.1) is 20.8 Å². The summed E-state index contributed by atoms with van der Waals surface area (Å²) in [4.78, 5) is 14.4. The molecule has 2 aromatic carbocycles. The number of carbonyl (C=O) groups is 1. The van der Waals surface area contributed by atoms with Gasteiger partial charge in [-0.1, -0.05) is 0 Å². The zero-order valence-electron chi connectivity index (χ0n) is 14.1. The summed E-state index contributed by atoms with van der Waals surface area (Å²) in [7, 11) is 3.11. The lowest BCUT2D eigenvalue weighted by molar-refractivity contribution is 0.0727. The molecular formula is C19H19F2NO3. The molecule has 0 unspecified atom stereocenters. The van der Waals surface area contributed by atoms with Gasteiger partial charge >= 0.3 is 0 Å². The molecule has 1 aliphatic rings. The second-order valence-electron chi connectivity index (χ2n) is 6.00. The van der Waals surface area contributed by atoms with E-state index in [1.165, 1.54) is 0 Å². The van der Waals surface area contributed by atoms with E-state index in [4.69, 9.17) is 9.47 Å². The Labute approximate surface area is 145 Å².